The van der Waals surface area contributed by atoms with Crippen molar-refractivity contribution < 1.29 is 8.42 Å². The maximum atomic E-state index is 12.1. The lowest BCUT2D eigenvalue weighted by molar-refractivity contribution is 0.379. The highest BCUT2D eigenvalue weighted by molar-refractivity contribution is 9.11. The Bertz CT molecular complexity index is 708. The lowest BCUT2D eigenvalue weighted by Crippen LogP contribution is -2.32. The Morgan fingerprint density at radius 1 is 1.50 bits per heavy atom. The first-order valence-corrected chi connectivity index (χ1v) is 9.39. The van der Waals surface area contributed by atoms with Crippen molar-refractivity contribution in [2.75, 3.05) is 6.54 Å². The second-order valence-corrected chi connectivity index (χ2v) is 9.26. The van der Waals surface area contributed by atoms with E-state index in [0.29, 0.717) is 16.7 Å². The van der Waals surface area contributed by atoms with E-state index in [0.717, 1.165) is 29.0 Å². The molecule has 1 aliphatic heterocycles. The summed E-state index contributed by atoms with van der Waals surface area (Å²) in [7, 11) is -3.39. The summed E-state index contributed by atoms with van der Waals surface area (Å²) < 4.78 is 30.3. The fourth-order valence-corrected chi connectivity index (χ4v) is 5.50. The Labute approximate surface area is 130 Å². The summed E-state index contributed by atoms with van der Waals surface area (Å²) in [5.74, 6) is 1.35. The van der Waals surface area contributed by atoms with Crippen LogP contribution in [0, 0.1) is 5.92 Å². The van der Waals surface area contributed by atoms with Crippen molar-refractivity contribution in [1.29, 1.82) is 0 Å². The van der Waals surface area contributed by atoms with Gasteiger partial charge in [-0.2, -0.15) is 0 Å². The minimum atomic E-state index is -3.39. The molecule has 0 spiro atoms. The zero-order valence-corrected chi connectivity index (χ0v) is 13.8. The van der Waals surface area contributed by atoms with Crippen molar-refractivity contribution in [3.63, 3.8) is 0 Å². The molecule has 3 heterocycles. The average molecular weight is 376 g/mol. The van der Waals surface area contributed by atoms with Crippen LogP contribution >= 0.6 is 27.3 Å². The van der Waals surface area contributed by atoms with E-state index in [9.17, 15) is 8.42 Å². The van der Waals surface area contributed by atoms with Gasteiger partial charge in [0, 0.05) is 31.9 Å². The first kappa shape index (κ1) is 14.2. The molecule has 0 saturated heterocycles. The molecule has 2 aromatic rings. The van der Waals surface area contributed by atoms with Crippen LogP contribution in [0.4, 0.5) is 0 Å². The second-order valence-electron chi connectivity index (χ2n) is 4.81. The standard InChI is InChI=1S/C12H14BrN3O2S2/c13-10-1-2-12(19-10)20(17,18)15-8-9-3-5-16-6-4-14-11(16)7-9/h1-2,4,6,9,15H,3,5,7-8H2. The van der Waals surface area contributed by atoms with Crippen molar-refractivity contribution in [2.24, 2.45) is 5.92 Å². The van der Waals surface area contributed by atoms with Crippen LogP contribution in [0.5, 0.6) is 0 Å². The molecule has 0 fully saturated rings. The van der Waals surface area contributed by atoms with Crippen molar-refractivity contribution in [1.82, 2.24) is 14.3 Å². The zero-order valence-electron chi connectivity index (χ0n) is 10.6. The van der Waals surface area contributed by atoms with Gasteiger partial charge in [-0.15, -0.1) is 11.3 Å². The van der Waals surface area contributed by atoms with Gasteiger partial charge in [0.15, 0.2) is 0 Å². The molecule has 0 radical (unpaired) electrons. The Hall–Kier alpha value is -0.700. The SMILES string of the molecule is O=S(=O)(NCC1CCn2ccnc2C1)c1ccc(Br)s1. The Morgan fingerprint density at radius 3 is 3.10 bits per heavy atom. The predicted octanol–water partition coefficient (Wildman–Crippen LogP) is 2.25. The maximum Gasteiger partial charge on any atom is 0.250 e. The molecule has 5 nitrogen and oxygen atoms in total. The van der Waals surface area contributed by atoms with Gasteiger partial charge in [0.2, 0.25) is 10.0 Å². The van der Waals surface area contributed by atoms with Crippen molar-refractivity contribution >= 4 is 37.3 Å². The van der Waals surface area contributed by atoms with Crippen molar-refractivity contribution in [2.45, 2.75) is 23.6 Å². The van der Waals surface area contributed by atoms with E-state index in [-0.39, 0.29) is 0 Å². The lowest BCUT2D eigenvalue weighted by atomic mass is 9.98. The van der Waals surface area contributed by atoms with Crippen molar-refractivity contribution in [3.05, 3.63) is 34.1 Å². The molecular weight excluding hydrogens is 362 g/mol. The Kier molecular flexibility index (Phi) is 3.98. The molecule has 3 rings (SSSR count). The number of aryl methyl sites for hydroxylation is 1. The number of sulfonamides is 1. The normalized spacial score (nSPS) is 18.9. The van der Waals surface area contributed by atoms with Gasteiger partial charge in [-0.05, 0) is 40.4 Å². The van der Waals surface area contributed by atoms with Gasteiger partial charge in [0.1, 0.15) is 10.0 Å². The summed E-state index contributed by atoms with van der Waals surface area (Å²) in [6.45, 7) is 1.37. The highest BCUT2D eigenvalue weighted by Crippen LogP contribution is 2.26. The van der Waals surface area contributed by atoms with E-state index in [1.54, 1.807) is 18.3 Å². The molecule has 2 aromatic heterocycles. The Morgan fingerprint density at radius 2 is 2.35 bits per heavy atom. The van der Waals surface area contributed by atoms with Crippen LogP contribution in [-0.4, -0.2) is 24.5 Å². The van der Waals surface area contributed by atoms with Crippen LogP contribution in [0.25, 0.3) is 0 Å². The van der Waals surface area contributed by atoms with Crippen LogP contribution in [0.2, 0.25) is 0 Å². The maximum absolute atomic E-state index is 12.1. The first-order chi connectivity index (χ1) is 9.54. The quantitative estimate of drug-likeness (QED) is 0.890. The van der Waals surface area contributed by atoms with Gasteiger partial charge >= 0.3 is 0 Å². The number of aromatic nitrogens is 2. The number of hydrogen-bond acceptors (Lipinski definition) is 4. The number of halogens is 1. The summed E-state index contributed by atoms with van der Waals surface area (Å²) in [4.78, 5) is 4.29. The summed E-state index contributed by atoms with van der Waals surface area (Å²) in [6, 6.07) is 3.36. The number of hydrogen-bond donors (Lipinski definition) is 1. The molecule has 0 aliphatic carbocycles. The third-order valence-corrected chi connectivity index (χ3v) is 6.97. The number of imidazole rings is 1. The van der Waals surface area contributed by atoms with Gasteiger partial charge in [0.05, 0.1) is 3.79 Å². The summed E-state index contributed by atoms with van der Waals surface area (Å²) >= 11 is 4.50. The molecule has 0 saturated carbocycles. The highest BCUT2D eigenvalue weighted by Gasteiger charge is 2.22. The van der Waals surface area contributed by atoms with E-state index in [4.69, 9.17) is 0 Å². The van der Waals surface area contributed by atoms with Crippen LogP contribution < -0.4 is 4.72 Å². The van der Waals surface area contributed by atoms with E-state index in [1.807, 2.05) is 6.20 Å². The topological polar surface area (TPSA) is 64.0 Å². The van der Waals surface area contributed by atoms with E-state index < -0.39 is 10.0 Å². The van der Waals surface area contributed by atoms with E-state index in [2.05, 4.69) is 30.2 Å². The monoisotopic (exact) mass is 375 g/mol. The van der Waals surface area contributed by atoms with E-state index >= 15 is 0 Å². The Balaban J connectivity index is 1.63. The van der Waals surface area contributed by atoms with Gasteiger partial charge in [-0.25, -0.2) is 18.1 Å². The average Bonchev–Trinajstić information content (AvgIpc) is 3.04. The predicted molar refractivity (Wildman–Crippen MR) is 81.2 cm³/mol. The van der Waals surface area contributed by atoms with Crippen LogP contribution in [0.15, 0.2) is 32.5 Å². The molecule has 20 heavy (non-hydrogen) atoms. The summed E-state index contributed by atoms with van der Waals surface area (Å²) in [5.41, 5.74) is 0. The minimum absolute atomic E-state index is 0.308. The number of thiophene rings is 1. The second kappa shape index (κ2) is 5.59. The van der Waals surface area contributed by atoms with Crippen LogP contribution in [0.1, 0.15) is 12.2 Å². The smallest absolute Gasteiger partial charge is 0.250 e. The fourth-order valence-electron chi connectivity index (χ4n) is 2.33. The molecule has 0 amide bonds. The molecule has 8 heteroatoms. The highest BCUT2D eigenvalue weighted by atomic mass is 79.9. The zero-order chi connectivity index (χ0) is 14.2. The minimum Gasteiger partial charge on any atom is -0.335 e. The lowest BCUT2D eigenvalue weighted by Gasteiger charge is -2.23. The largest absolute Gasteiger partial charge is 0.335 e. The van der Waals surface area contributed by atoms with Gasteiger partial charge < -0.3 is 4.57 Å². The molecule has 108 valence electrons. The molecule has 1 atom stereocenters. The first-order valence-electron chi connectivity index (χ1n) is 6.29. The van der Waals surface area contributed by atoms with Crippen LogP contribution in [-0.2, 0) is 23.0 Å². The third kappa shape index (κ3) is 2.98. The molecule has 0 aromatic carbocycles. The third-order valence-electron chi connectivity index (χ3n) is 3.43. The molecule has 0 bridgehead atoms. The number of nitrogens with one attached hydrogen (secondary N) is 1. The number of nitrogens with zero attached hydrogens (tertiary/aromatic N) is 2. The van der Waals surface area contributed by atoms with Crippen LogP contribution in [0.3, 0.4) is 0 Å². The fraction of sp³-hybridized carbons (Fsp3) is 0.417. The molecule has 1 unspecified atom stereocenters. The van der Waals surface area contributed by atoms with E-state index in [1.165, 1.54) is 11.3 Å². The summed E-state index contributed by atoms with van der Waals surface area (Å²) in [5, 5.41) is 0. The van der Waals surface area contributed by atoms with Gasteiger partial charge in [-0.3, -0.25) is 0 Å². The number of rotatable bonds is 4. The molecular formula is C12H14BrN3O2S2. The number of fused-ring (bicyclic) bond motifs is 1. The van der Waals surface area contributed by atoms with Gasteiger partial charge in [0.25, 0.3) is 0 Å². The summed E-state index contributed by atoms with van der Waals surface area (Å²) in [6.07, 6.45) is 5.56. The van der Waals surface area contributed by atoms with Gasteiger partial charge in [-0.1, -0.05) is 0 Å². The molecule has 1 aliphatic rings. The molecule has 1 N–H and O–H groups in total. The van der Waals surface area contributed by atoms with Crippen molar-refractivity contribution in [3.8, 4) is 0 Å².